The fourth-order valence-electron chi connectivity index (χ4n) is 2.42. The SMILES string of the molecule is CC(NCC(=O)N1CCCCCC1)c1cccnc1. The molecule has 1 N–H and O–H groups in total. The van der Waals surface area contributed by atoms with Gasteiger partial charge >= 0.3 is 0 Å². The van der Waals surface area contributed by atoms with E-state index in [1.54, 1.807) is 6.20 Å². The molecule has 1 amide bonds. The van der Waals surface area contributed by atoms with Gasteiger partial charge in [-0.25, -0.2) is 0 Å². The predicted molar refractivity (Wildman–Crippen MR) is 75.7 cm³/mol. The number of aromatic nitrogens is 1. The standard InChI is InChI=1S/C15H23N3O/c1-13(14-7-6-8-16-11-14)17-12-15(19)18-9-4-2-3-5-10-18/h6-8,11,13,17H,2-5,9-10,12H2,1H3. The molecule has 1 aliphatic rings. The molecule has 1 aromatic rings. The Morgan fingerprint density at radius 2 is 2.11 bits per heavy atom. The second-order valence-corrected chi connectivity index (χ2v) is 5.18. The maximum atomic E-state index is 12.1. The lowest BCUT2D eigenvalue weighted by Crippen LogP contribution is -2.39. The molecule has 0 radical (unpaired) electrons. The Labute approximate surface area is 115 Å². The van der Waals surface area contributed by atoms with Crippen LogP contribution in [0.1, 0.15) is 44.2 Å². The minimum Gasteiger partial charge on any atom is -0.342 e. The molecule has 0 bridgehead atoms. The number of carbonyl (C=O) groups is 1. The fraction of sp³-hybridized carbons (Fsp3) is 0.600. The molecule has 0 aliphatic carbocycles. The molecule has 1 saturated heterocycles. The van der Waals surface area contributed by atoms with Crippen LogP contribution >= 0.6 is 0 Å². The highest BCUT2D eigenvalue weighted by Crippen LogP contribution is 2.11. The van der Waals surface area contributed by atoms with Crippen LogP contribution in [-0.2, 0) is 4.79 Å². The first-order valence-electron chi connectivity index (χ1n) is 7.18. The minimum atomic E-state index is 0.157. The number of hydrogen-bond acceptors (Lipinski definition) is 3. The van der Waals surface area contributed by atoms with Gasteiger partial charge in [0.2, 0.25) is 5.91 Å². The summed E-state index contributed by atoms with van der Waals surface area (Å²) in [6.45, 7) is 4.31. The van der Waals surface area contributed by atoms with E-state index in [0.29, 0.717) is 6.54 Å². The van der Waals surface area contributed by atoms with Gasteiger partial charge in [-0.05, 0) is 31.4 Å². The highest BCUT2D eigenvalue weighted by molar-refractivity contribution is 5.78. The molecule has 0 spiro atoms. The Morgan fingerprint density at radius 3 is 2.74 bits per heavy atom. The average Bonchev–Trinajstić information content (AvgIpc) is 2.74. The Hall–Kier alpha value is -1.42. The highest BCUT2D eigenvalue weighted by Gasteiger charge is 2.16. The van der Waals surface area contributed by atoms with Gasteiger partial charge in [0.25, 0.3) is 0 Å². The quantitative estimate of drug-likeness (QED) is 0.903. The molecule has 2 rings (SSSR count). The van der Waals surface area contributed by atoms with Gasteiger partial charge in [-0.3, -0.25) is 9.78 Å². The van der Waals surface area contributed by atoms with Crippen LogP contribution < -0.4 is 5.32 Å². The second kappa shape index (κ2) is 7.24. The number of carbonyl (C=O) groups excluding carboxylic acids is 1. The summed E-state index contributed by atoms with van der Waals surface area (Å²) >= 11 is 0. The molecule has 1 aromatic heterocycles. The van der Waals surface area contributed by atoms with E-state index in [-0.39, 0.29) is 11.9 Å². The summed E-state index contributed by atoms with van der Waals surface area (Å²) in [6.07, 6.45) is 8.40. The number of amides is 1. The third-order valence-electron chi connectivity index (χ3n) is 3.70. The number of hydrogen-bond donors (Lipinski definition) is 1. The van der Waals surface area contributed by atoms with Crippen LogP contribution in [0.25, 0.3) is 0 Å². The maximum absolute atomic E-state index is 12.1. The van der Waals surface area contributed by atoms with Gasteiger partial charge in [0.1, 0.15) is 0 Å². The summed E-state index contributed by atoms with van der Waals surface area (Å²) < 4.78 is 0. The molecule has 1 fully saturated rings. The monoisotopic (exact) mass is 261 g/mol. The van der Waals surface area contributed by atoms with Crippen molar-refractivity contribution in [1.82, 2.24) is 15.2 Å². The summed E-state index contributed by atoms with van der Waals surface area (Å²) in [4.78, 5) is 18.2. The first kappa shape index (κ1) is 14.0. The summed E-state index contributed by atoms with van der Waals surface area (Å²) in [5, 5.41) is 3.29. The molecule has 104 valence electrons. The second-order valence-electron chi connectivity index (χ2n) is 5.18. The van der Waals surface area contributed by atoms with Crippen molar-refractivity contribution >= 4 is 5.91 Å². The topological polar surface area (TPSA) is 45.2 Å². The van der Waals surface area contributed by atoms with Gasteiger partial charge in [-0.2, -0.15) is 0 Å². The van der Waals surface area contributed by atoms with E-state index in [1.807, 2.05) is 23.2 Å². The third kappa shape index (κ3) is 4.31. The lowest BCUT2D eigenvalue weighted by atomic mass is 10.1. The molecule has 1 unspecified atom stereocenters. The van der Waals surface area contributed by atoms with E-state index < -0.39 is 0 Å². The lowest BCUT2D eigenvalue weighted by Gasteiger charge is -2.22. The zero-order chi connectivity index (χ0) is 13.5. The number of rotatable bonds is 4. The molecule has 1 atom stereocenters. The highest BCUT2D eigenvalue weighted by atomic mass is 16.2. The van der Waals surface area contributed by atoms with E-state index >= 15 is 0 Å². The van der Waals surface area contributed by atoms with Gasteiger partial charge in [-0.1, -0.05) is 18.9 Å². The van der Waals surface area contributed by atoms with Crippen LogP contribution in [0, 0.1) is 0 Å². The van der Waals surface area contributed by atoms with Crippen molar-refractivity contribution in [2.24, 2.45) is 0 Å². The van der Waals surface area contributed by atoms with Gasteiger partial charge in [0.05, 0.1) is 6.54 Å². The maximum Gasteiger partial charge on any atom is 0.236 e. The van der Waals surface area contributed by atoms with Gasteiger partial charge in [0.15, 0.2) is 0 Å². The van der Waals surface area contributed by atoms with Crippen molar-refractivity contribution in [3.8, 4) is 0 Å². The molecule has 2 heterocycles. The lowest BCUT2D eigenvalue weighted by molar-refractivity contribution is -0.130. The molecule has 4 heteroatoms. The average molecular weight is 261 g/mol. The van der Waals surface area contributed by atoms with Crippen molar-refractivity contribution in [3.63, 3.8) is 0 Å². The van der Waals surface area contributed by atoms with Gasteiger partial charge in [0, 0.05) is 31.5 Å². The number of nitrogens with one attached hydrogen (secondary N) is 1. The number of pyridine rings is 1. The van der Waals surface area contributed by atoms with Crippen LogP contribution in [0.2, 0.25) is 0 Å². The van der Waals surface area contributed by atoms with E-state index in [4.69, 9.17) is 0 Å². The minimum absolute atomic E-state index is 0.157. The number of nitrogens with zero attached hydrogens (tertiary/aromatic N) is 2. The zero-order valence-electron chi connectivity index (χ0n) is 11.6. The first-order valence-corrected chi connectivity index (χ1v) is 7.18. The van der Waals surface area contributed by atoms with Crippen LogP contribution in [0.5, 0.6) is 0 Å². The van der Waals surface area contributed by atoms with E-state index in [2.05, 4.69) is 17.2 Å². The van der Waals surface area contributed by atoms with Crippen molar-refractivity contribution in [1.29, 1.82) is 0 Å². The molecule has 1 aliphatic heterocycles. The summed E-state index contributed by atoms with van der Waals surface area (Å²) in [6, 6.07) is 4.11. The van der Waals surface area contributed by atoms with Crippen LogP contribution in [-0.4, -0.2) is 35.4 Å². The van der Waals surface area contributed by atoms with Crippen molar-refractivity contribution in [2.45, 2.75) is 38.6 Å². The summed E-state index contributed by atoms with van der Waals surface area (Å²) in [5.41, 5.74) is 1.12. The zero-order valence-corrected chi connectivity index (χ0v) is 11.6. The van der Waals surface area contributed by atoms with Crippen LogP contribution in [0.4, 0.5) is 0 Å². The summed E-state index contributed by atoms with van der Waals surface area (Å²) in [7, 11) is 0. The van der Waals surface area contributed by atoms with Crippen LogP contribution in [0.3, 0.4) is 0 Å². The largest absolute Gasteiger partial charge is 0.342 e. The van der Waals surface area contributed by atoms with Crippen LogP contribution in [0.15, 0.2) is 24.5 Å². The fourth-order valence-corrected chi connectivity index (χ4v) is 2.42. The van der Waals surface area contributed by atoms with Crippen molar-refractivity contribution in [2.75, 3.05) is 19.6 Å². The molecule has 0 saturated carbocycles. The molecule has 19 heavy (non-hydrogen) atoms. The van der Waals surface area contributed by atoms with Gasteiger partial charge in [-0.15, -0.1) is 0 Å². The molecule has 0 aromatic carbocycles. The predicted octanol–water partition coefficient (Wildman–Crippen LogP) is 2.13. The number of likely N-dealkylation sites (tertiary alicyclic amines) is 1. The first-order chi connectivity index (χ1) is 9.27. The van der Waals surface area contributed by atoms with E-state index in [1.165, 1.54) is 12.8 Å². The molecular formula is C15H23N3O. The van der Waals surface area contributed by atoms with Crippen molar-refractivity contribution in [3.05, 3.63) is 30.1 Å². The smallest absolute Gasteiger partial charge is 0.236 e. The Balaban J connectivity index is 1.79. The van der Waals surface area contributed by atoms with Crippen molar-refractivity contribution < 1.29 is 4.79 Å². The van der Waals surface area contributed by atoms with Gasteiger partial charge < -0.3 is 10.2 Å². The molecular weight excluding hydrogens is 238 g/mol. The normalized spacial score (nSPS) is 17.8. The Bertz CT molecular complexity index is 386. The van der Waals surface area contributed by atoms with E-state index in [9.17, 15) is 4.79 Å². The van der Waals surface area contributed by atoms with E-state index in [0.717, 1.165) is 31.5 Å². The Kier molecular flexibility index (Phi) is 5.33. The summed E-state index contributed by atoms with van der Waals surface area (Å²) in [5.74, 6) is 0.220. The third-order valence-corrected chi connectivity index (χ3v) is 3.70. The Morgan fingerprint density at radius 1 is 1.37 bits per heavy atom. The molecule has 4 nitrogen and oxygen atoms in total.